The number of aryl methyl sites for hydroxylation is 1. The lowest BCUT2D eigenvalue weighted by atomic mass is 10.3. The lowest BCUT2D eigenvalue weighted by Gasteiger charge is -1.94. The first kappa shape index (κ1) is 7.59. The number of pyridine rings is 1. The van der Waals surface area contributed by atoms with E-state index in [0.29, 0.717) is 0 Å². The van der Waals surface area contributed by atoms with Gasteiger partial charge < -0.3 is 0 Å². The fraction of sp³-hybridized carbons (Fsp3) is 0.167. The quantitative estimate of drug-likeness (QED) is 0.456. The van der Waals surface area contributed by atoms with Crippen molar-refractivity contribution in [1.29, 1.82) is 0 Å². The van der Waals surface area contributed by atoms with E-state index < -0.39 is 16.4 Å². The number of rotatable bonds is 1. The van der Waals surface area contributed by atoms with Gasteiger partial charge in [0.05, 0.1) is 4.92 Å². The smallest absolute Gasteiger partial charge is 0.258 e. The van der Waals surface area contributed by atoms with Crippen LogP contribution in [0.3, 0.4) is 0 Å². The van der Waals surface area contributed by atoms with E-state index in [-0.39, 0.29) is 5.69 Å². The van der Waals surface area contributed by atoms with Crippen LogP contribution in [0.15, 0.2) is 12.3 Å². The summed E-state index contributed by atoms with van der Waals surface area (Å²) in [6.07, 6.45) is 1.19. The van der Waals surface area contributed by atoms with Gasteiger partial charge in [0.2, 0.25) is 5.82 Å². The van der Waals surface area contributed by atoms with Crippen LogP contribution in [0.25, 0.3) is 0 Å². The minimum atomic E-state index is -0.845. The van der Waals surface area contributed by atoms with E-state index >= 15 is 0 Å². The maximum atomic E-state index is 12.6. The van der Waals surface area contributed by atoms with E-state index in [4.69, 9.17) is 0 Å². The molecule has 0 aliphatic carbocycles. The maximum Gasteiger partial charge on any atom is 0.325 e. The molecule has 0 amide bonds. The summed E-state index contributed by atoms with van der Waals surface area (Å²) in [6, 6.07) is 0.963. The molecule has 0 spiro atoms. The Bertz CT molecular complexity index is 280. The summed E-state index contributed by atoms with van der Waals surface area (Å²) in [4.78, 5) is 13.0. The van der Waals surface area contributed by atoms with Crippen molar-refractivity contribution in [3.8, 4) is 0 Å². The largest absolute Gasteiger partial charge is 0.325 e. The van der Waals surface area contributed by atoms with Crippen LogP contribution in [0.1, 0.15) is 5.69 Å². The molecule has 1 aromatic rings. The van der Waals surface area contributed by atoms with E-state index in [1.54, 1.807) is 0 Å². The van der Waals surface area contributed by atoms with E-state index in [2.05, 4.69) is 4.98 Å². The summed E-state index contributed by atoms with van der Waals surface area (Å²) in [5.41, 5.74) is -0.456. The maximum absolute atomic E-state index is 12.6. The van der Waals surface area contributed by atoms with Crippen molar-refractivity contribution in [2.45, 2.75) is 6.92 Å². The standard InChI is InChI=1S/C6H5FN2O2/c1-4-6(9(10)11)5(7)2-3-8-4/h2-3H,1H3. The molecule has 4 nitrogen and oxygen atoms in total. The zero-order chi connectivity index (χ0) is 8.43. The van der Waals surface area contributed by atoms with Crippen LogP contribution in [0.5, 0.6) is 0 Å². The lowest BCUT2D eigenvalue weighted by molar-refractivity contribution is -0.388. The Kier molecular flexibility index (Phi) is 1.80. The van der Waals surface area contributed by atoms with Gasteiger partial charge in [-0.05, 0) is 13.0 Å². The van der Waals surface area contributed by atoms with Gasteiger partial charge in [0.1, 0.15) is 5.69 Å². The number of aromatic nitrogens is 1. The highest BCUT2D eigenvalue weighted by Crippen LogP contribution is 2.18. The Balaban J connectivity index is 3.32. The summed E-state index contributed by atoms with van der Waals surface area (Å²) in [6.45, 7) is 1.39. The molecular weight excluding hydrogens is 151 g/mol. The fourth-order valence-electron chi connectivity index (χ4n) is 0.747. The summed E-state index contributed by atoms with van der Waals surface area (Å²) >= 11 is 0. The minimum Gasteiger partial charge on any atom is -0.258 e. The molecule has 0 unspecified atom stereocenters. The van der Waals surface area contributed by atoms with Gasteiger partial charge in [-0.2, -0.15) is 4.39 Å². The first-order chi connectivity index (χ1) is 5.13. The fourth-order valence-corrected chi connectivity index (χ4v) is 0.747. The zero-order valence-corrected chi connectivity index (χ0v) is 5.74. The third kappa shape index (κ3) is 1.31. The van der Waals surface area contributed by atoms with Gasteiger partial charge >= 0.3 is 5.69 Å². The Hall–Kier alpha value is -1.52. The minimum absolute atomic E-state index is 0.0926. The predicted octanol–water partition coefficient (Wildman–Crippen LogP) is 1.44. The van der Waals surface area contributed by atoms with Crippen LogP contribution in [0, 0.1) is 22.9 Å². The molecule has 0 N–H and O–H groups in total. The third-order valence-electron chi connectivity index (χ3n) is 1.24. The average molecular weight is 156 g/mol. The molecule has 11 heavy (non-hydrogen) atoms. The molecule has 0 atom stereocenters. The van der Waals surface area contributed by atoms with Crippen LogP contribution >= 0.6 is 0 Å². The molecule has 0 aliphatic rings. The van der Waals surface area contributed by atoms with Gasteiger partial charge in [0.25, 0.3) is 0 Å². The summed E-state index contributed by atoms with van der Waals surface area (Å²) in [5.74, 6) is -0.845. The van der Waals surface area contributed by atoms with Gasteiger partial charge in [0, 0.05) is 6.20 Å². The summed E-state index contributed by atoms with van der Waals surface area (Å²) in [7, 11) is 0. The first-order valence-electron chi connectivity index (χ1n) is 2.88. The molecule has 0 radical (unpaired) electrons. The van der Waals surface area contributed by atoms with Gasteiger partial charge in [-0.15, -0.1) is 0 Å². The van der Waals surface area contributed by atoms with Gasteiger partial charge in [-0.25, -0.2) is 0 Å². The number of hydrogen-bond acceptors (Lipinski definition) is 3. The molecule has 1 rings (SSSR count). The predicted molar refractivity (Wildman–Crippen MR) is 35.6 cm³/mol. The molecule has 0 saturated heterocycles. The second-order valence-corrected chi connectivity index (χ2v) is 1.98. The van der Waals surface area contributed by atoms with E-state index in [1.807, 2.05) is 0 Å². The highest BCUT2D eigenvalue weighted by Gasteiger charge is 2.17. The van der Waals surface area contributed by atoms with Crippen molar-refractivity contribution in [2.24, 2.45) is 0 Å². The molecule has 0 bridgehead atoms. The number of nitrogens with zero attached hydrogens (tertiary/aromatic N) is 2. The lowest BCUT2D eigenvalue weighted by Crippen LogP contribution is -1.96. The van der Waals surface area contributed by atoms with Crippen molar-refractivity contribution in [3.63, 3.8) is 0 Å². The Morgan fingerprint density at radius 1 is 1.73 bits per heavy atom. The summed E-state index contributed by atoms with van der Waals surface area (Å²) < 4.78 is 12.6. The van der Waals surface area contributed by atoms with Crippen LogP contribution in [-0.4, -0.2) is 9.91 Å². The third-order valence-corrected chi connectivity index (χ3v) is 1.24. The van der Waals surface area contributed by atoms with Crippen molar-refractivity contribution < 1.29 is 9.31 Å². The number of halogens is 1. The van der Waals surface area contributed by atoms with Crippen LogP contribution < -0.4 is 0 Å². The van der Waals surface area contributed by atoms with E-state index in [0.717, 1.165) is 6.07 Å². The van der Waals surface area contributed by atoms with Gasteiger partial charge in [-0.3, -0.25) is 15.1 Å². The molecule has 1 aromatic heterocycles. The molecule has 0 saturated carbocycles. The topological polar surface area (TPSA) is 56.0 Å². The normalized spacial score (nSPS) is 9.64. The number of nitro groups is 1. The molecular formula is C6H5FN2O2. The SMILES string of the molecule is Cc1nccc(F)c1[N+](=O)[O-]. The summed E-state index contributed by atoms with van der Waals surface area (Å²) in [5, 5.41) is 10.2. The molecule has 5 heteroatoms. The Morgan fingerprint density at radius 3 is 2.73 bits per heavy atom. The Morgan fingerprint density at radius 2 is 2.36 bits per heavy atom. The molecule has 1 heterocycles. The van der Waals surface area contributed by atoms with Crippen LogP contribution in [0.2, 0.25) is 0 Å². The second kappa shape index (κ2) is 2.61. The van der Waals surface area contributed by atoms with Crippen LogP contribution in [0.4, 0.5) is 10.1 Å². The Labute approximate surface area is 61.8 Å². The highest BCUT2D eigenvalue weighted by molar-refractivity contribution is 5.34. The molecule has 0 aliphatic heterocycles. The zero-order valence-electron chi connectivity index (χ0n) is 5.74. The van der Waals surface area contributed by atoms with E-state index in [9.17, 15) is 14.5 Å². The second-order valence-electron chi connectivity index (χ2n) is 1.98. The van der Waals surface area contributed by atoms with Crippen LogP contribution in [-0.2, 0) is 0 Å². The molecule has 58 valence electrons. The van der Waals surface area contributed by atoms with Gasteiger partial charge in [0.15, 0.2) is 0 Å². The highest BCUT2D eigenvalue weighted by atomic mass is 19.1. The van der Waals surface area contributed by atoms with Crippen molar-refractivity contribution >= 4 is 5.69 Å². The monoisotopic (exact) mass is 156 g/mol. The average Bonchev–Trinajstić information content (AvgIpc) is 1.85. The van der Waals surface area contributed by atoms with Crippen molar-refractivity contribution in [1.82, 2.24) is 4.98 Å². The van der Waals surface area contributed by atoms with Crippen molar-refractivity contribution in [3.05, 3.63) is 33.9 Å². The van der Waals surface area contributed by atoms with Gasteiger partial charge in [-0.1, -0.05) is 0 Å². The molecule has 0 aromatic carbocycles. The van der Waals surface area contributed by atoms with E-state index in [1.165, 1.54) is 13.1 Å². The molecule has 0 fully saturated rings. The number of hydrogen-bond donors (Lipinski definition) is 0. The van der Waals surface area contributed by atoms with Crippen molar-refractivity contribution in [2.75, 3.05) is 0 Å². The first-order valence-corrected chi connectivity index (χ1v) is 2.88.